The van der Waals surface area contributed by atoms with Gasteiger partial charge in [0.1, 0.15) is 5.75 Å². The molecule has 1 fully saturated rings. The van der Waals surface area contributed by atoms with Gasteiger partial charge in [-0.3, -0.25) is 4.90 Å². The summed E-state index contributed by atoms with van der Waals surface area (Å²) in [6.07, 6.45) is 0. The van der Waals surface area contributed by atoms with Crippen molar-refractivity contribution in [2.75, 3.05) is 45.6 Å². The number of nitrogens with zero attached hydrogens (tertiary/aromatic N) is 2. The number of hydrogen-bond acceptors (Lipinski definition) is 6. The number of rotatable bonds is 9. The molecule has 0 bridgehead atoms. The van der Waals surface area contributed by atoms with Crippen LogP contribution in [0.4, 0.5) is 0 Å². The van der Waals surface area contributed by atoms with E-state index < -0.39 is 20.0 Å². The molecule has 2 aromatic carbocycles. The van der Waals surface area contributed by atoms with E-state index >= 15 is 0 Å². The molecular weight excluding hydrogens is 426 g/mol. The lowest BCUT2D eigenvalue weighted by molar-refractivity contribution is 0.181. The number of benzene rings is 2. The fraction of sp³-hybridized carbons (Fsp3) is 0.400. The van der Waals surface area contributed by atoms with Crippen molar-refractivity contribution in [3.8, 4) is 5.75 Å². The Morgan fingerprint density at radius 2 is 1.53 bits per heavy atom. The van der Waals surface area contributed by atoms with Crippen LogP contribution in [-0.4, -0.2) is 71.6 Å². The quantitative estimate of drug-likeness (QED) is 0.611. The summed E-state index contributed by atoms with van der Waals surface area (Å²) in [4.78, 5) is 2.28. The highest BCUT2D eigenvalue weighted by Crippen LogP contribution is 2.15. The normalized spacial score (nSPS) is 16.4. The molecule has 0 spiro atoms. The van der Waals surface area contributed by atoms with E-state index in [-0.39, 0.29) is 17.2 Å². The van der Waals surface area contributed by atoms with Gasteiger partial charge in [0.2, 0.25) is 20.0 Å². The molecule has 2 aromatic rings. The molecular formula is C20H27N3O5S2. The van der Waals surface area contributed by atoms with Gasteiger partial charge in [-0.05, 0) is 29.8 Å². The molecule has 0 aliphatic carbocycles. The van der Waals surface area contributed by atoms with Crippen LogP contribution in [0.3, 0.4) is 0 Å². The van der Waals surface area contributed by atoms with Crippen LogP contribution < -0.4 is 9.46 Å². The first-order valence-electron chi connectivity index (χ1n) is 9.68. The molecule has 1 aliphatic heterocycles. The minimum absolute atomic E-state index is 0.0650. The Morgan fingerprint density at radius 1 is 0.900 bits per heavy atom. The third kappa shape index (κ3) is 6.02. The maximum Gasteiger partial charge on any atom is 0.240 e. The van der Waals surface area contributed by atoms with Gasteiger partial charge in [-0.25, -0.2) is 21.6 Å². The first kappa shape index (κ1) is 22.7. The Balaban J connectivity index is 1.48. The average Bonchev–Trinajstić information content (AvgIpc) is 2.74. The zero-order chi connectivity index (χ0) is 21.6. The number of nitrogens with one attached hydrogen (secondary N) is 1. The molecule has 0 aromatic heterocycles. The van der Waals surface area contributed by atoms with Gasteiger partial charge in [-0.2, -0.15) is 4.31 Å². The highest BCUT2D eigenvalue weighted by molar-refractivity contribution is 7.90. The molecule has 0 radical (unpaired) electrons. The molecule has 10 heteroatoms. The summed E-state index contributed by atoms with van der Waals surface area (Å²) in [5.41, 5.74) is 1.20. The fourth-order valence-corrected chi connectivity index (χ4v) is 5.78. The number of sulfonamides is 2. The molecule has 0 unspecified atom stereocenters. The second-order valence-corrected chi connectivity index (χ2v) is 10.9. The van der Waals surface area contributed by atoms with Gasteiger partial charge < -0.3 is 4.74 Å². The van der Waals surface area contributed by atoms with E-state index in [0.29, 0.717) is 31.9 Å². The summed E-state index contributed by atoms with van der Waals surface area (Å²) in [7, 11) is -5.82. The van der Waals surface area contributed by atoms with E-state index in [2.05, 4.69) is 21.8 Å². The van der Waals surface area contributed by atoms with Gasteiger partial charge in [0.25, 0.3) is 0 Å². The van der Waals surface area contributed by atoms with E-state index in [9.17, 15) is 16.8 Å². The van der Waals surface area contributed by atoms with Crippen molar-refractivity contribution in [3.63, 3.8) is 0 Å². The molecule has 0 saturated carbocycles. The summed E-state index contributed by atoms with van der Waals surface area (Å²) >= 11 is 0. The second kappa shape index (κ2) is 9.88. The Labute approximate surface area is 178 Å². The summed E-state index contributed by atoms with van der Waals surface area (Å²) in [5.74, 6) is 0.268. The van der Waals surface area contributed by atoms with Crippen LogP contribution in [0.15, 0.2) is 59.5 Å². The molecule has 1 saturated heterocycles. The molecule has 164 valence electrons. The monoisotopic (exact) mass is 453 g/mol. The Bertz CT molecular complexity index is 1020. The van der Waals surface area contributed by atoms with Crippen LogP contribution in [0.2, 0.25) is 0 Å². The predicted molar refractivity (Wildman–Crippen MR) is 115 cm³/mol. The number of methoxy groups -OCH3 is 1. The minimum atomic E-state index is -3.78. The molecule has 1 heterocycles. The first-order valence-corrected chi connectivity index (χ1v) is 12.8. The maximum absolute atomic E-state index is 12.6. The summed E-state index contributed by atoms with van der Waals surface area (Å²) in [5, 5.41) is 0. The number of piperazine rings is 1. The zero-order valence-corrected chi connectivity index (χ0v) is 18.5. The van der Waals surface area contributed by atoms with Crippen LogP contribution in [-0.2, 0) is 26.6 Å². The van der Waals surface area contributed by atoms with E-state index in [1.807, 2.05) is 18.2 Å². The van der Waals surface area contributed by atoms with Gasteiger partial charge in [0.05, 0.1) is 17.8 Å². The lowest BCUT2D eigenvalue weighted by Crippen LogP contribution is -2.49. The summed E-state index contributed by atoms with van der Waals surface area (Å²) in [6.45, 7) is 2.70. The van der Waals surface area contributed by atoms with Gasteiger partial charge >= 0.3 is 0 Å². The Morgan fingerprint density at radius 3 is 2.13 bits per heavy atom. The predicted octanol–water partition coefficient (Wildman–Crippen LogP) is 1.12. The first-order chi connectivity index (χ1) is 14.3. The van der Waals surface area contributed by atoms with E-state index in [1.54, 1.807) is 12.1 Å². The molecule has 0 amide bonds. The van der Waals surface area contributed by atoms with Crippen LogP contribution in [0.1, 0.15) is 5.56 Å². The van der Waals surface area contributed by atoms with Crippen LogP contribution in [0.25, 0.3) is 0 Å². The molecule has 8 nitrogen and oxygen atoms in total. The third-order valence-electron chi connectivity index (χ3n) is 5.00. The van der Waals surface area contributed by atoms with Crippen LogP contribution >= 0.6 is 0 Å². The molecule has 3 rings (SSSR count). The lowest BCUT2D eigenvalue weighted by Gasteiger charge is -2.34. The van der Waals surface area contributed by atoms with Crippen LogP contribution in [0.5, 0.6) is 5.75 Å². The van der Waals surface area contributed by atoms with Gasteiger partial charge in [-0.15, -0.1) is 0 Å². The topological polar surface area (TPSA) is 96.0 Å². The standard InChI is InChI=1S/C20H27N3O5S2/c1-28-19-7-9-20(10-8-19)30(26,27)21-11-16-29(24,25)23-14-12-22(13-15-23)17-18-5-3-2-4-6-18/h2-10,21H,11-17H2,1H3. The van der Waals surface area contributed by atoms with Gasteiger partial charge in [0, 0.05) is 39.3 Å². The smallest absolute Gasteiger partial charge is 0.240 e. The van der Waals surface area contributed by atoms with Crippen molar-refractivity contribution in [2.24, 2.45) is 0 Å². The summed E-state index contributed by atoms with van der Waals surface area (Å²) < 4.78 is 58.7. The summed E-state index contributed by atoms with van der Waals surface area (Å²) in [6, 6.07) is 16.0. The van der Waals surface area contributed by atoms with Crippen molar-refractivity contribution < 1.29 is 21.6 Å². The lowest BCUT2D eigenvalue weighted by atomic mass is 10.2. The zero-order valence-electron chi connectivity index (χ0n) is 16.9. The van der Waals surface area contributed by atoms with E-state index in [1.165, 1.54) is 29.1 Å². The van der Waals surface area contributed by atoms with Crippen molar-refractivity contribution in [1.29, 1.82) is 0 Å². The van der Waals surface area contributed by atoms with Crippen molar-refractivity contribution in [3.05, 3.63) is 60.2 Å². The molecule has 30 heavy (non-hydrogen) atoms. The number of ether oxygens (including phenoxy) is 1. The molecule has 1 N–H and O–H groups in total. The molecule has 0 atom stereocenters. The number of hydrogen-bond donors (Lipinski definition) is 1. The highest BCUT2D eigenvalue weighted by atomic mass is 32.2. The average molecular weight is 454 g/mol. The van der Waals surface area contributed by atoms with E-state index in [0.717, 1.165) is 6.54 Å². The van der Waals surface area contributed by atoms with E-state index in [4.69, 9.17) is 4.74 Å². The highest BCUT2D eigenvalue weighted by Gasteiger charge is 2.27. The van der Waals surface area contributed by atoms with Crippen molar-refractivity contribution >= 4 is 20.0 Å². The second-order valence-electron chi connectivity index (χ2n) is 7.05. The largest absolute Gasteiger partial charge is 0.497 e. The van der Waals surface area contributed by atoms with Crippen molar-refractivity contribution in [1.82, 2.24) is 13.9 Å². The van der Waals surface area contributed by atoms with Crippen LogP contribution in [0, 0.1) is 0 Å². The fourth-order valence-electron chi connectivity index (χ4n) is 3.28. The van der Waals surface area contributed by atoms with Gasteiger partial charge in [0.15, 0.2) is 0 Å². The van der Waals surface area contributed by atoms with Crippen molar-refractivity contribution in [2.45, 2.75) is 11.4 Å². The minimum Gasteiger partial charge on any atom is -0.497 e. The van der Waals surface area contributed by atoms with Gasteiger partial charge in [-0.1, -0.05) is 30.3 Å². The Hall–Kier alpha value is -1.98. The third-order valence-corrected chi connectivity index (χ3v) is 8.34. The maximum atomic E-state index is 12.6. The SMILES string of the molecule is COc1ccc(S(=O)(=O)NCCS(=O)(=O)N2CCN(Cc3ccccc3)CC2)cc1. The molecule has 1 aliphatic rings. The Kier molecular flexibility index (Phi) is 7.48.